The SMILES string of the molecule is CC(C)[C@@H](N)CN1CCC(c2ccc(-c3cccc(S(C)(=O)=O)c3-c3nnn[nH]3)cc2)CC1. The molecule has 1 aromatic heterocycles. The summed E-state index contributed by atoms with van der Waals surface area (Å²) in [4.78, 5) is 2.68. The summed E-state index contributed by atoms with van der Waals surface area (Å²) in [5, 5.41) is 14.0. The van der Waals surface area contributed by atoms with Gasteiger partial charge in [-0.15, -0.1) is 5.10 Å². The molecule has 1 atom stereocenters. The molecule has 0 bridgehead atoms. The highest BCUT2D eigenvalue weighted by atomic mass is 32.2. The molecule has 0 radical (unpaired) electrons. The lowest BCUT2D eigenvalue weighted by atomic mass is 9.87. The average molecular weight is 469 g/mol. The number of H-pyrrole nitrogens is 1. The maximum Gasteiger partial charge on any atom is 0.181 e. The third-order valence-electron chi connectivity index (χ3n) is 6.61. The third kappa shape index (κ3) is 5.31. The summed E-state index contributed by atoms with van der Waals surface area (Å²) in [5.41, 5.74) is 9.77. The van der Waals surface area contributed by atoms with Gasteiger partial charge >= 0.3 is 0 Å². The molecule has 3 aromatic rings. The number of rotatable bonds is 7. The minimum atomic E-state index is -3.46. The third-order valence-corrected chi connectivity index (χ3v) is 7.75. The number of sulfone groups is 1. The Morgan fingerprint density at radius 2 is 1.82 bits per heavy atom. The first kappa shape index (κ1) is 23.5. The number of nitrogens with zero attached hydrogens (tertiary/aromatic N) is 4. The molecule has 1 aliphatic rings. The number of tetrazole rings is 1. The van der Waals surface area contributed by atoms with E-state index in [1.165, 1.54) is 11.8 Å². The molecular weight excluding hydrogens is 436 g/mol. The fourth-order valence-electron chi connectivity index (χ4n) is 4.48. The van der Waals surface area contributed by atoms with E-state index in [0.29, 0.717) is 23.2 Å². The molecule has 2 aromatic carbocycles. The molecule has 0 amide bonds. The lowest BCUT2D eigenvalue weighted by Crippen LogP contribution is -2.43. The predicted octanol–water partition coefficient (Wildman–Crippen LogP) is 3.10. The van der Waals surface area contributed by atoms with E-state index in [1.54, 1.807) is 12.1 Å². The van der Waals surface area contributed by atoms with Crippen LogP contribution in [0.1, 0.15) is 38.2 Å². The van der Waals surface area contributed by atoms with E-state index in [4.69, 9.17) is 5.73 Å². The highest BCUT2D eigenvalue weighted by Crippen LogP contribution is 2.36. The molecule has 0 aliphatic carbocycles. The molecule has 33 heavy (non-hydrogen) atoms. The van der Waals surface area contributed by atoms with Crippen molar-refractivity contribution in [3.05, 3.63) is 48.0 Å². The minimum Gasteiger partial charge on any atom is -0.326 e. The van der Waals surface area contributed by atoms with Crippen molar-refractivity contribution >= 4 is 9.84 Å². The Labute approximate surface area is 195 Å². The first-order valence-electron chi connectivity index (χ1n) is 11.4. The average Bonchev–Trinajstić information content (AvgIpc) is 3.33. The highest BCUT2D eigenvalue weighted by molar-refractivity contribution is 7.90. The second kappa shape index (κ2) is 9.70. The molecule has 3 N–H and O–H groups in total. The van der Waals surface area contributed by atoms with Crippen molar-refractivity contribution in [2.24, 2.45) is 11.7 Å². The van der Waals surface area contributed by atoms with Gasteiger partial charge in [-0.25, -0.2) is 13.5 Å². The van der Waals surface area contributed by atoms with Crippen LogP contribution in [-0.2, 0) is 9.84 Å². The summed E-state index contributed by atoms with van der Waals surface area (Å²) in [7, 11) is -3.46. The second-order valence-corrected chi connectivity index (χ2v) is 11.3. The topological polar surface area (TPSA) is 118 Å². The van der Waals surface area contributed by atoms with E-state index in [1.807, 2.05) is 6.07 Å². The van der Waals surface area contributed by atoms with Gasteiger partial charge in [0.05, 0.1) is 4.90 Å². The molecule has 4 rings (SSSR count). The van der Waals surface area contributed by atoms with Gasteiger partial charge in [0.1, 0.15) is 0 Å². The molecule has 0 spiro atoms. The first-order valence-corrected chi connectivity index (χ1v) is 13.3. The van der Waals surface area contributed by atoms with Crippen LogP contribution in [0.25, 0.3) is 22.5 Å². The van der Waals surface area contributed by atoms with Gasteiger partial charge in [0, 0.05) is 24.4 Å². The number of benzene rings is 2. The van der Waals surface area contributed by atoms with Gasteiger partial charge in [-0.3, -0.25) is 0 Å². The maximum atomic E-state index is 12.4. The van der Waals surface area contributed by atoms with Gasteiger partial charge < -0.3 is 10.6 Å². The van der Waals surface area contributed by atoms with E-state index < -0.39 is 9.84 Å². The minimum absolute atomic E-state index is 0.203. The lowest BCUT2D eigenvalue weighted by molar-refractivity contribution is 0.189. The van der Waals surface area contributed by atoms with Gasteiger partial charge in [-0.05, 0) is 71.0 Å². The Morgan fingerprint density at radius 3 is 2.39 bits per heavy atom. The zero-order valence-electron chi connectivity index (χ0n) is 19.4. The number of likely N-dealkylation sites (tertiary alicyclic amines) is 1. The summed E-state index contributed by atoms with van der Waals surface area (Å²) in [6.07, 6.45) is 3.42. The molecule has 0 unspecified atom stereocenters. The van der Waals surface area contributed by atoms with E-state index in [9.17, 15) is 8.42 Å². The van der Waals surface area contributed by atoms with Crippen molar-refractivity contribution in [2.75, 3.05) is 25.9 Å². The number of aromatic amines is 1. The van der Waals surface area contributed by atoms with Crippen LogP contribution in [0.4, 0.5) is 0 Å². The quantitative estimate of drug-likeness (QED) is 0.547. The fraction of sp³-hybridized carbons (Fsp3) is 0.458. The van der Waals surface area contributed by atoms with Crippen LogP contribution < -0.4 is 5.73 Å². The van der Waals surface area contributed by atoms with Crippen LogP contribution >= 0.6 is 0 Å². The summed E-state index contributed by atoms with van der Waals surface area (Å²) in [5.74, 6) is 1.35. The smallest absolute Gasteiger partial charge is 0.181 e. The number of nitrogens with one attached hydrogen (secondary N) is 1. The Morgan fingerprint density at radius 1 is 1.12 bits per heavy atom. The summed E-state index contributed by atoms with van der Waals surface area (Å²) < 4.78 is 24.9. The standard InChI is InChI=1S/C24H32N6O2S/c1-16(2)21(25)15-30-13-11-18(12-14-30)17-7-9-19(10-8-17)20-5-4-6-22(33(3,31)32)23(20)24-26-28-29-27-24/h4-10,16,18,21H,11-15,25H2,1-3H3,(H,26,27,28,29)/t21-/m0/s1. The van der Waals surface area contributed by atoms with Gasteiger partial charge in [-0.2, -0.15) is 0 Å². The van der Waals surface area contributed by atoms with Crippen molar-refractivity contribution in [2.45, 2.75) is 43.5 Å². The van der Waals surface area contributed by atoms with Crippen LogP contribution in [0.5, 0.6) is 0 Å². The molecule has 176 valence electrons. The van der Waals surface area contributed by atoms with Crippen molar-refractivity contribution in [1.29, 1.82) is 0 Å². The molecule has 0 saturated carbocycles. The Bertz CT molecular complexity index is 1170. The van der Waals surface area contributed by atoms with E-state index in [0.717, 1.165) is 43.6 Å². The van der Waals surface area contributed by atoms with Gasteiger partial charge in [0.2, 0.25) is 0 Å². The number of hydrogen-bond donors (Lipinski definition) is 2. The Kier molecular flexibility index (Phi) is 6.92. The number of nitrogens with two attached hydrogens (primary N) is 1. The van der Waals surface area contributed by atoms with E-state index in [2.05, 4.69) is 63.6 Å². The van der Waals surface area contributed by atoms with Crippen LogP contribution in [0.3, 0.4) is 0 Å². The molecular formula is C24H32N6O2S. The van der Waals surface area contributed by atoms with Gasteiger partial charge in [0.25, 0.3) is 0 Å². The maximum absolute atomic E-state index is 12.4. The summed E-state index contributed by atoms with van der Waals surface area (Å²) in [6, 6.07) is 13.9. The van der Waals surface area contributed by atoms with Crippen LogP contribution in [0.15, 0.2) is 47.4 Å². The van der Waals surface area contributed by atoms with Gasteiger partial charge in [-0.1, -0.05) is 50.2 Å². The zero-order chi connectivity index (χ0) is 23.6. The molecule has 2 heterocycles. The number of hydrogen-bond acceptors (Lipinski definition) is 7. The van der Waals surface area contributed by atoms with Crippen LogP contribution in [0, 0.1) is 5.92 Å². The molecule has 1 fully saturated rings. The zero-order valence-corrected chi connectivity index (χ0v) is 20.2. The molecule has 1 saturated heterocycles. The van der Waals surface area contributed by atoms with Crippen molar-refractivity contribution < 1.29 is 8.42 Å². The van der Waals surface area contributed by atoms with E-state index in [-0.39, 0.29) is 10.9 Å². The van der Waals surface area contributed by atoms with Gasteiger partial charge in [0.15, 0.2) is 15.7 Å². The van der Waals surface area contributed by atoms with Crippen LogP contribution in [0.2, 0.25) is 0 Å². The largest absolute Gasteiger partial charge is 0.326 e. The number of piperidine rings is 1. The molecule has 8 nitrogen and oxygen atoms in total. The van der Waals surface area contributed by atoms with Crippen molar-refractivity contribution in [1.82, 2.24) is 25.5 Å². The van der Waals surface area contributed by atoms with Crippen molar-refractivity contribution in [3.8, 4) is 22.5 Å². The number of aromatic nitrogens is 4. The monoisotopic (exact) mass is 468 g/mol. The second-order valence-electron chi connectivity index (χ2n) is 9.31. The highest BCUT2D eigenvalue weighted by Gasteiger charge is 2.24. The van der Waals surface area contributed by atoms with Crippen molar-refractivity contribution in [3.63, 3.8) is 0 Å². The molecule has 1 aliphatic heterocycles. The Hall–Kier alpha value is -2.62. The molecule has 9 heteroatoms. The predicted molar refractivity (Wildman–Crippen MR) is 129 cm³/mol. The summed E-state index contributed by atoms with van der Waals surface area (Å²) in [6.45, 7) is 7.43. The first-order chi connectivity index (χ1) is 15.7. The normalized spacial score (nSPS) is 16.9. The summed E-state index contributed by atoms with van der Waals surface area (Å²) >= 11 is 0. The Balaban J connectivity index is 1.55. The van der Waals surface area contributed by atoms with Crippen LogP contribution in [-0.4, -0.2) is 65.9 Å². The van der Waals surface area contributed by atoms with E-state index >= 15 is 0 Å². The fourth-order valence-corrected chi connectivity index (χ4v) is 5.39. The lowest BCUT2D eigenvalue weighted by Gasteiger charge is -2.34.